The van der Waals surface area contributed by atoms with E-state index in [9.17, 15) is 0 Å². The summed E-state index contributed by atoms with van der Waals surface area (Å²) in [5.74, 6) is 0.627. The highest BCUT2D eigenvalue weighted by atomic mass is 16.7. The zero-order chi connectivity index (χ0) is 9.80. The third kappa shape index (κ3) is 2.37. The summed E-state index contributed by atoms with van der Waals surface area (Å²) >= 11 is 0. The number of hydrogen-bond acceptors (Lipinski definition) is 2. The molecule has 0 aromatic rings. The van der Waals surface area contributed by atoms with E-state index in [-0.39, 0.29) is 12.4 Å². The van der Waals surface area contributed by atoms with Crippen LogP contribution in [-0.4, -0.2) is 19.0 Å². The minimum Gasteiger partial charge on any atom is -0.349 e. The summed E-state index contributed by atoms with van der Waals surface area (Å²) in [5, 5.41) is 0. The van der Waals surface area contributed by atoms with Gasteiger partial charge >= 0.3 is 0 Å². The molecule has 0 N–H and O–H groups in total. The molecule has 1 heterocycles. The van der Waals surface area contributed by atoms with Gasteiger partial charge in [0.05, 0.1) is 6.61 Å². The Balaban J connectivity index is 1.84. The molecule has 0 aromatic heterocycles. The molecule has 2 fully saturated rings. The molecule has 0 amide bonds. The van der Waals surface area contributed by atoms with E-state index in [2.05, 4.69) is 6.58 Å². The van der Waals surface area contributed by atoms with E-state index in [1.165, 1.54) is 38.5 Å². The summed E-state index contributed by atoms with van der Waals surface area (Å²) in [6.07, 6.45) is 10.0. The number of hydrogen-bond donors (Lipinski definition) is 0. The van der Waals surface area contributed by atoms with E-state index in [0.29, 0.717) is 12.5 Å². The second-order valence-corrected chi connectivity index (χ2v) is 4.36. The van der Waals surface area contributed by atoms with Gasteiger partial charge in [-0.3, -0.25) is 0 Å². The van der Waals surface area contributed by atoms with Crippen molar-refractivity contribution in [3.8, 4) is 0 Å². The first-order chi connectivity index (χ1) is 6.90. The molecule has 2 rings (SSSR count). The third-order valence-corrected chi connectivity index (χ3v) is 3.28. The van der Waals surface area contributed by atoms with E-state index in [1.54, 1.807) is 0 Å². The van der Waals surface area contributed by atoms with Crippen LogP contribution in [-0.2, 0) is 9.47 Å². The molecule has 1 saturated heterocycles. The molecule has 14 heavy (non-hydrogen) atoms. The predicted molar refractivity (Wildman–Crippen MR) is 56.0 cm³/mol. The fourth-order valence-electron chi connectivity index (χ4n) is 2.39. The van der Waals surface area contributed by atoms with Crippen molar-refractivity contribution < 1.29 is 9.47 Å². The zero-order valence-corrected chi connectivity index (χ0v) is 8.78. The van der Waals surface area contributed by atoms with Gasteiger partial charge in [0.25, 0.3) is 0 Å². The molecule has 0 radical (unpaired) electrons. The van der Waals surface area contributed by atoms with Gasteiger partial charge in [-0.1, -0.05) is 31.8 Å². The van der Waals surface area contributed by atoms with Crippen LogP contribution in [0, 0.1) is 5.92 Å². The summed E-state index contributed by atoms with van der Waals surface area (Å²) in [6.45, 7) is 4.43. The lowest BCUT2D eigenvalue weighted by Gasteiger charge is -2.20. The van der Waals surface area contributed by atoms with Crippen LogP contribution in [0.25, 0.3) is 0 Å². The molecular formula is C12H20O2. The molecule has 1 aliphatic carbocycles. The van der Waals surface area contributed by atoms with Gasteiger partial charge in [0.2, 0.25) is 0 Å². The van der Waals surface area contributed by atoms with Crippen LogP contribution >= 0.6 is 0 Å². The fourth-order valence-corrected chi connectivity index (χ4v) is 2.39. The molecule has 2 unspecified atom stereocenters. The molecule has 2 heteroatoms. The summed E-state index contributed by atoms with van der Waals surface area (Å²) in [4.78, 5) is 0. The lowest BCUT2D eigenvalue weighted by molar-refractivity contribution is -0.0944. The maximum absolute atomic E-state index is 5.77. The Labute approximate surface area is 86.3 Å². The Morgan fingerprint density at radius 1 is 1.07 bits per heavy atom. The van der Waals surface area contributed by atoms with E-state index in [0.717, 1.165) is 0 Å². The maximum atomic E-state index is 5.77. The predicted octanol–water partition coefficient (Wildman–Crippen LogP) is 2.88. The van der Waals surface area contributed by atoms with Crippen LogP contribution in [0.1, 0.15) is 38.5 Å². The average molecular weight is 196 g/mol. The second kappa shape index (κ2) is 4.94. The molecule has 0 spiro atoms. The van der Waals surface area contributed by atoms with Gasteiger partial charge in [0.1, 0.15) is 6.10 Å². The Morgan fingerprint density at radius 3 is 2.36 bits per heavy atom. The Bertz CT molecular complexity index is 183. The minimum atomic E-state index is 0.0519. The Kier molecular flexibility index (Phi) is 3.60. The largest absolute Gasteiger partial charge is 0.349 e. The van der Waals surface area contributed by atoms with Crippen molar-refractivity contribution in [2.45, 2.75) is 50.9 Å². The quantitative estimate of drug-likeness (QED) is 0.499. The van der Waals surface area contributed by atoms with Crippen molar-refractivity contribution in [2.24, 2.45) is 5.92 Å². The highest BCUT2D eigenvalue weighted by Gasteiger charge is 2.31. The first-order valence-electron chi connectivity index (χ1n) is 5.80. The van der Waals surface area contributed by atoms with Gasteiger partial charge in [0.15, 0.2) is 6.29 Å². The molecule has 2 aliphatic rings. The topological polar surface area (TPSA) is 18.5 Å². The van der Waals surface area contributed by atoms with Crippen LogP contribution in [0.3, 0.4) is 0 Å². The van der Waals surface area contributed by atoms with E-state index in [1.807, 2.05) is 6.08 Å². The fraction of sp³-hybridized carbons (Fsp3) is 0.833. The Hall–Kier alpha value is -0.340. The normalized spacial score (nSPS) is 35.4. The van der Waals surface area contributed by atoms with Crippen molar-refractivity contribution in [1.82, 2.24) is 0 Å². The highest BCUT2D eigenvalue weighted by Crippen LogP contribution is 2.30. The monoisotopic (exact) mass is 196 g/mol. The number of ether oxygens (including phenoxy) is 2. The van der Waals surface area contributed by atoms with Gasteiger partial charge in [0, 0.05) is 5.92 Å². The first-order valence-corrected chi connectivity index (χ1v) is 5.80. The zero-order valence-electron chi connectivity index (χ0n) is 8.78. The number of rotatable bonds is 2. The molecular weight excluding hydrogens is 176 g/mol. The van der Waals surface area contributed by atoms with Gasteiger partial charge in [-0.25, -0.2) is 0 Å². The molecule has 2 nitrogen and oxygen atoms in total. The molecule has 0 bridgehead atoms. The molecule has 2 atom stereocenters. The van der Waals surface area contributed by atoms with Crippen molar-refractivity contribution in [1.29, 1.82) is 0 Å². The van der Waals surface area contributed by atoms with E-state index < -0.39 is 0 Å². The second-order valence-electron chi connectivity index (χ2n) is 4.36. The average Bonchev–Trinajstić information content (AvgIpc) is 2.53. The lowest BCUT2D eigenvalue weighted by Crippen LogP contribution is -2.21. The van der Waals surface area contributed by atoms with Crippen LogP contribution in [0.4, 0.5) is 0 Å². The van der Waals surface area contributed by atoms with Gasteiger partial charge < -0.3 is 9.47 Å². The van der Waals surface area contributed by atoms with Gasteiger partial charge in [-0.2, -0.15) is 0 Å². The summed E-state index contributed by atoms with van der Waals surface area (Å²) < 4.78 is 11.4. The maximum Gasteiger partial charge on any atom is 0.161 e. The lowest BCUT2D eigenvalue weighted by atomic mass is 10.00. The summed E-state index contributed by atoms with van der Waals surface area (Å²) in [5.41, 5.74) is 0. The van der Waals surface area contributed by atoms with Crippen molar-refractivity contribution in [3.63, 3.8) is 0 Å². The molecule has 1 aliphatic heterocycles. The van der Waals surface area contributed by atoms with Gasteiger partial charge in [-0.05, 0) is 12.8 Å². The molecule has 1 saturated carbocycles. The van der Waals surface area contributed by atoms with E-state index >= 15 is 0 Å². The Morgan fingerprint density at radius 2 is 1.79 bits per heavy atom. The van der Waals surface area contributed by atoms with E-state index in [4.69, 9.17) is 9.47 Å². The summed E-state index contributed by atoms with van der Waals surface area (Å²) in [7, 11) is 0. The van der Waals surface area contributed by atoms with Crippen LogP contribution < -0.4 is 0 Å². The highest BCUT2D eigenvalue weighted by molar-refractivity contribution is 4.84. The van der Waals surface area contributed by atoms with Crippen molar-refractivity contribution in [2.75, 3.05) is 6.61 Å². The minimum absolute atomic E-state index is 0.0519. The SMILES string of the molecule is C=CC1COC(C2CCCCCC2)O1. The first kappa shape index (κ1) is 10.2. The van der Waals surface area contributed by atoms with Crippen LogP contribution in [0.2, 0.25) is 0 Å². The molecule has 80 valence electrons. The van der Waals surface area contributed by atoms with Crippen molar-refractivity contribution in [3.05, 3.63) is 12.7 Å². The molecule has 0 aromatic carbocycles. The third-order valence-electron chi connectivity index (χ3n) is 3.28. The summed E-state index contributed by atoms with van der Waals surface area (Å²) in [6, 6.07) is 0. The van der Waals surface area contributed by atoms with Crippen LogP contribution in [0.5, 0.6) is 0 Å². The smallest absolute Gasteiger partial charge is 0.161 e. The van der Waals surface area contributed by atoms with Gasteiger partial charge in [-0.15, -0.1) is 6.58 Å². The van der Waals surface area contributed by atoms with Crippen LogP contribution in [0.15, 0.2) is 12.7 Å². The standard InChI is InChI=1S/C12H20O2/c1-2-11-9-13-12(14-11)10-7-5-3-4-6-8-10/h2,10-12H,1,3-9H2. The van der Waals surface area contributed by atoms with Crippen molar-refractivity contribution >= 4 is 0 Å².